The van der Waals surface area contributed by atoms with Gasteiger partial charge in [0.2, 0.25) is 5.91 Å². The Bertz CT molecular complexity index is 334. The molecule has 0 radical (unpaired) electrons. The number of rotatable bonds is 3. The van der Waals surface area contributed by atoms with E-state index in [1.807, 2.05) is 30.3 Å². The van der Waals surface area contributed by atoms with Gasteiger partial charge in [0.15, 0.2) is 0 Å². The molecule has 0 aliphatic heterocycles. The fraction of sp³-hybridized carbons (Fsp3) is 0.182. The normalized spacial score (nSPS) is 10.4. The summed E-state index contributed by atoms with van der Waals surface area (Å²) in [5.74, 6) is -0.339. The molecule has 1 amide bonds. The molecule has 2 nitrogen and oxygen atoms in total. The molecule has 68 valence electrons. The number of nitrogens with zero attached hydrogens (tertiary/aromatic N) is 1. The molecule has 2 heteroatoms. The molecule has 0 heterocycles. The molecular weight excluding hydrogens is 162 g/mol. The number of benzene rings is 1. The van der Waals surface area contributed by atoms with E-state index < -0.39 is 0 Å². The molecule has 0 fully saturated rings. The second-order valence-corrected chi connectivity index (χ2v) is 2.82. The largest absolute Gasteiger partial charge is 0.338 e. The van der Waals surface area contributed by atoms with E-state index in [0.29, 0.717) is 6.54 Å². The van der Waals surface area contributed by atoms with Crippen LogP contribution in [-0.4, -0.2) is 17.9 Å². The molecule has 0 aliphatic carbocycles. The summed E-state index contributed by atoms with van der Waals surface area (Å²) < 4.78 is 7.09. The van der Waals surface area contributed by atoms with Crippen molar-refractivity contribution >= 4 is 5.91 Å². The molecule has 0 aromatic heterocycles. The topological polar surface area (TPSA) is 20.3 Å². The number of likely N-dealkylation sites (N-methyl/N-ethyl adjacent to an activating group) is 1. The molecular formula is C11H13NO. The average Bonchev–Trinajstić information content (AvgIpc) is 2.18. The molecule has 1 aromatic carbocycles. The minimum Gasteiger partial charge on any atom is -0.338 e. The number of carbonyl (C=O) groups excluding carboxylic acids is 1. The fourth-order valence-corrected chi connectivity index (χ4v) is 1.06. The van der Waals surface area contributed by atoms with Gasteiger partial charge in [-0.2, -0.15) is 0 Å². The summed E-state index contributed by atoms with van der Waals surface area (Å²) in [6.45, 7) is 3.80. The van der Waals surface area contributed by atoms with Crippen LogP contribution in [0.2, 0.25) is 0 Å². The van der Waals surface area contributed by atoms with Crippen molar-refractivity contribution in [2.45, 2.75) is 6.54 Å². The van der Waals surface area contributed by atoms with Gasteiger partial charge in [-0.3, -0.25) is 4.79 Å². The summed E-state index contributed by atoms with van der Waals surface area (Å²) in [7, 11) is 1.66. The van der Waals surface area contributed by atoms with Gasteiger partial charge in [-0.05, 0) is 11.6 Å². The SMILES string of the molecule is [2H]C(=C)C(=O)N(C)Cc1ccccc1. The summed E-state index contributed by atoms with van der Waals surface area (Å²) in [5.41, 5.74) is 1.05. The van der Waals surface area contributed by atoms with Gasteiger partial charge in [0.05, 0.1) is 1.37 Å². The second kappa shape index (κ2) is 4.45. The van der Waals surface area contributed by atoms with E-state index in [-0.39, 0.29) is 12.0 Å². The molecule has 0 spiro atoms. The predicted octanol–water partition coefficient (Wildman–Crippen LogP) is 1.83. The lowest BCUT2D eigenvalue weighted by atomic mass is 10.2. The quantitative estimate of drug-likeness (QED) is 0.643. The molecule has 0 atom stereocenters. The third-order valence-electron chi connectivity index (χ3n) is 1.76. The summed E-state index contributed by atoms with van der Waals surface area (Å²) >= 11 is 0. The van der Waals surface area contributed by atoms with Crippen LogP contribution in [0.3, 0.4) is 0 Å². The van der Waals surface area contributed by atoms with Crippen molar-refractivity contribution in [1.82, 2.24) is 4.90 Å². The monoisotopic (exact) mass is 176 g/mol. The first-order valence-electron chi connectivity index (χ1n) is 4.56. The Morgan fingerprint density at radius 1 is 1.62 bits per heavy atom. The van der Waals surface area contributed by atoms with Crippen LogP contribution < -0.4 is 0 Å². The van der Waals surface area contributed by atoms with Crippen LogP contribution in [0.15, 0.2) is 43.0 Å². The lowest BCUT2D eigenvalue weighted by molar-refractivity contribution is -0.125. The van der Waals surface area contributed by atoms with Gasteiger partial charge in [-0.25, -0.2) is 0 Å². The van der Waals surface area contributed by atoms with E-state index in [1.54, 1.807) is 7.05 Å². The third kappa shape index (κ3) is 2.75. The van der Waals surface area contributed by atoms with Gasteiger partial charge in [-0.1, -0.05) is 36.9 Å². The predicted molar refractivity (Wildman–Crippen MR) is 53.1 cm³/mol. The van der Waals surface area contributed by atoms with E-state index in [9.17, 15) is 4.79 Å². The van der Waals surface area contributed by atoms with Crippen LogP contribution in [0.1, 0.15) is 6.93 Å². The second-order valence-electron chi connectivity index (χ2n) is 2.82. The van der Waals surface area contributed by atoms with Crippen LogP contribution in [0.5, 0.6) is 0 Å². The van der Waals surface area contributed by atoms with Crippen molar-refractivity contribution in [2.75, 3.05) is 7.05 Å². The highest BCUT2D eigenvalue weighted by Crippen LogP contribution is 2.02. The van der Waals surface area contributed by atoms with Crippen molar-refractivity contribution in [1.29, 1.82) is 0 Å². The van der Waals surface area contributed by atoms with Crippen molar-refractivity contribution in [2.24, 2.45) is 0 Å². The van der Waals surface area contributed by atoms with E-state index in [1.165, 1.54) is 4.90 Å². The lowest BCUT2D eigenvalue weighted by Crippen LogP contribution is -2.23. The van der Waals surface area contributed by atoms with Crippen LogP contribution in [0.4, 0.5) is 0 Å². The standard InChI is InChI=1S/C11H13NO/c1-3-11(13)12(2)9-10-7-5-4-6-8-10/h3-8H,1,9H2,2H3/i3D. The van der Waals surface area contributed by atoms with E-state index in [2.05, 4.69) is 6.58 Å². The van der Waals surface area contributed by atoms with E-state index >= 15 is 0 Å². The lowest BCUT2D eigenvalue weighted by Gasteiger charge is -2.14. The highest BCUT2D eigenvalue weighted by atomic mass is 16.2. The maximum absolute atomic E-state index is 11.3. The Morgan fingerprint density at radius 3 is 2.77 bits per heavy atom. The van der Waals surface area contributed by atoms with Gasteiger partial charge in [0.25, 0.3) is 0 Å². The van der Waals surface area contributed by atoms with Crippen LogP contribution in [0.25, 0.3) is 0 Å². The summed E-state index contributed by atoms with van der Waals surface area (Å²) in [6, 6.07) is 9.47. The smallest absolute Gasteiger partial charge is 0.245 e. The van der Waals surface area contributed by atoms with E-state index in [4.69, 9.17) is 1.37 Å². The minimum atomic E-state index is -0.339. The molecule has 1 rings (SSSR count). The van der Waals surface area contributed by atoms with E-state index in [0.717, 1.165) is 5.56 Å². The third-order valence-corrected chi connectivity index (χ3v) is 1.76. The number of carbonyl (C=O) groups is 1. The van der Waals surface area contributed by atoms with Crippen LogP contribution >= 0.6 is 0 Å². The summed E-state index contributed by atoms with van der Waals surface area (Å²) in [4.78, 5) is 12.8. The van der Waals surface area contributed by atoms with Gasteiger partial charge < -0.3 is 4.90 Å². The number of hydrogen-bond donors (Lipinski definition) is 0. The molecule has 0 unspecified atom stereocenters. The highest BCUT2D eigenvalue weighted by Gasteiger charge is 2.03. The van der Waals surface area contributed by atoms with Crippen molar-refractivity contribution in [3.63, 3.8) is 0 Å². The van der Waals surface area contributed by atoms with Crippen LogP contribution in [-0.2, 0) is 11.3 Å². The highest BCUT2D eigenvalue weighted by molar-refractivity contribution is 5.86. The molecule has 0 saturated carbocycles. The van der Waals surface area contributed by atoms with Gasteiger partial charge in [0, 0.05) is 13.6 Å². The minimum absolute atomic E-state index is 0.177. The van der Waals surface area contributed by atoms with Gasteiger partial charge in [-0.15, -0.1) is 0 Å². The van der Waals surface area contributed by atoms with Crippen molar-refractivity contribution in [3.05, 3.63) is 48.5 Å². The first kappa shape index (κ1) is 8.05. The Kier molecular flexibility index (Phi) is 2.76. The Morgan fingerprint density at radius 2 is 2.23 bits per heavy atom. The first-order chi connectivity index (χ1) is 6.61. The molecule has 0 N–H and O–H groups in total. The van der Waals surface area contributed by atoms with Gasteiger partial charge in [0.1, 0.15) is 0 Å². The molecule has 1 aromatic rings. The van der Waals surface area contributed by atoms with Crippen molar-refractivity contribution in [3.8, 4) is 0 Å². The summed E-state index contributed by atoms with van der Waals surface area (Å²) in [5, 5.41) is 0. The first-order valence-corrected chi connectivity index (χ1v) is 4.06. The number of amides is 1. The molecule has 0 saturated heterocycles. The van der Waals surface area contributed by atoms with Crippen molar-refractivity contribution < 1.29 is 6.17 Å². The maximum atomic E-state index is 11.3. The van der Waals surface area contributed by atoms with Gasteiger partial charge >= 0.3 is 0 Å². The molecule has 0 aliphatic rings. The molecule has 13 heavy (non-hydrogen) atoms. The Balaban J connectivity index is 2.62. The fourth-order valence-electron chi connectivity index (χ4n) is 1.06. The maximum Gasteiger partial charge on any atom is 0.245 e. The molecule has 0 bridgehead atoms. The summed E-state index contributed by atoms with van der Waals surface area (Å²) in [6.07, 6.45) is 0. The zero-order valence-electron chi connectivity index (χ0n) is 8.66. The average molecular weight is 176 g/mol. The Labute approximate surface area is 79.9 Å². The number of hydrogen-bond acceptors (Lipinski definition) is 1. The zero-order valence-corrected chi connectivity index (χ0v) is 7.66. The zero-order chi connectivity index (χ0) is 10.6. The van der Waals surface area contributed by atoms with Crippen LogP contribution in [0, 0.1) is 0 Å². The Hall–Kier alpha value is -1.57.